The minimum atomic E-state index is -1.44. The highest BCUT2D eigenvalue weighted by atomic mass is 35.5. The van der Waals surface area contributed by atoms with Crippen LogP contribution in [0.15, 0.2) is 53.5 Å². The van der Waals surface area contributed by atoms with Crippen LogP contribution in [0.3, 0.4) is 0 Å². The summed E-state index contributed by atoms with van der Waals surface area (Å²) in [6.45, 7) is 0. The molecule has 3 rings (SSSR count). The van der Waals surface area contributed by atoms with Gasteiger partial charge in [-0.1, -0.05) is 41.4 Å². The number of halogens is 2. The van der Waals surface area contributed by atoms with Crippen molar-refractivity contribution >= 4 is 45.6 Å². The first-order chi connectivity index (χ1) is 11.5. The van der Waals surface area contributed by atoms with Crippen LogP contribution in [0.1, 0.15) is 11.7 Å². The number of aromatic nitrogens is 1. The number of hydrogen-bond donors (Lipinski definition) is 3. The van der Waals surface area contributed by atoms with Crippen LogP contribution in [0.4, 0.5) is 5.69 Å². The molecule has 0 saturated heterocycles. The van der Waals surface area contributed by atoms with E-state index in [0.29, 0.717) is 22.0 Å². The second-order valence-corrected chi connectivity index (χ2v) is 5.95. The van der Waals surface area contributed by atoms with E-state index in [1.165, 1.54) is 12.3 Å². The third-order valence-corrected chi connectivity index (χ3v) is 4.22. The van der Waals surface area contributed by atoms with Gasteiger partial charge in [-0.2, -0.15) is 0 Å². The van der Waals surface area contributed by atoms with E-state index in [4.69, 9.17) is 23.2 Å². The molecule has 0 fully saturated rings. The Bertz CT molecular complexity index is 985. The number of fused-ring (bicyclic) bond motifs is 1. The molecule has 7 heteroatoms. The number of aromatic amines is 1. The van der Waals surface area contributed by atoms with E-state index in [0.717, 1.165) is 0 Å². The maximum atomic E-state index is 12.3. The van der Waals surface area contributed by atoms with Crippen molar-refractivity contribution in [3.63, 3.8) is 0 Å². The van der Waals surface area contributed by atoms with Crippen LogP contribution in [-0.4, -0.2) is 16.0 Å². The molecule has 0 spiro atoms. The first kappa shape index (κ1) is 16.5. The summed E-state index contributed by atoms with van der Waals surface area (Å²) in [6, 6.07) is 11.3. The van der Waals surface area contributed by atoms with Crippen molar-refractivity contribution in [1.29, 1.82) is 0 Å². The number of pyridine rings is 1. The van der Waals surface area contributed by atoms with E-state index in [1.807, 2.05) is 0 Å². The largest absolute Gasteiger partial charge is 0.378 e. The third-order valence-electron chi connectivity index (χ3n) is 3.57. The summed E-state index contributed by atoms with van der Waals surface area (Å²) >= 11 is 12.1. The Hall–Kier alpha value is -2.34. The SMILES string of the molecule is O=C(Nc1cc2cc[nH]c(=O)c2cc1Cl)C(O)c1ccccc1Cl. The van der Waals surface area contributed by atoms with Gasteiger partial charge in [-0.25, -0.2) is 0 Å². The molecular weight excluding hydrogens is 351 g/mol. The molecule has 1 atom stereocenters. The van der Waals surface area contributed by atoms with E-state index in [-0.39, 0.29) is 15.6 Å². The van der Waals surface area contributed by atoms with Crippen LogP contribution < -0.4 is 10.9 Å². The molecule has 24 heavy (non-hydrogen) atoms. The fraction of sp³-hybridized carbons (Fsp3) is 0.0588. The Labute approximate surface area is 146 Å². The zero-order chi connectivity index (χ0) is 17.3. The predicted octanol–water partition coefficient (Wildman–Crippen LogP) is 3.51. The van der Waals surface area contributed by atoms with E-state index < -0.39 is 12.0 Å². The van der Waals surface area contributed by atoms with Gasteiger partial charge in [0.2, 0.25) is 0 Å². The van der Waals surface area contributed by atoms with Gasteiger partial charge in [0.1, 0.15) is 0 Å². The molecule has 0 bridgehead atoms. The Balaban J connectivity index is 1.92. The molecule has 0 aliphatic rings. The summed E-state index contributed by atoms with van der Waals surface area (Å²) in [5, 5.41) is 14.2. The van der Waals surface area contributed by atoms with Crippen LogP contribution in [0, 0.1) is 0 Å². The fourth-order valence-corrected chi connectivity index (χ4v) is 2.79. The molecule has 0 saturated carbocycles. The normalized spacial score (nSPS) is 12.1. The molecule has 3 aromatic rings. The summed E-state index contributed by atoms with van der Waals surface area (Å²) < 4.78 is 0. The predicted molar refractivity (Wildman–Crippen MR) is 94.6 cm³/mol. The molecule has 1 heterocycles. The number of carbonyl (C=O) groups excluding carboxylic acids is 1. The van der Waals surface area contributed by atoms with Gasteiger partial charge in [0.15, 0.2) is 6.10 Å². The van der Waals surface area contributed by atoms with Crippen LogP contribution >= 0.6 is 23.2 Å². The number of anilines is 1. The smallest absolute Gasteiger partial charge is 0.257 e. The molecule has 1 aromatic heterocycles. The molecule has 2 aromatic carbocycles. The second kappa shape index (κ2) is 6.65. The number of rotatable bonds is 3. The Morgan fingerprint density at radius 3 is 2.62 bits per heavy atom. The van der Waals surface area contributed by atoms with Gasteiger partial charge in [-0.05, 0) is 29.7 Å². The number of aliphatic hydroxyl groups is 1. The maximum absolute atomic E-state index is 12.3. The van der Waals surface area contributed by atoms with Gasteiger partial charge >= 0.3 is 0 Å². The van der Waals surface area contributed by atoms with Gasteiger partial charge in [0.05, 0.1) is 10.7 Å². The minimum absolute atomic E-state index is 0.193. The molecule has 5 nitrogen and oxygen atoms in total. The van der Waals surface area contributed by atoms with E-state index >= 15 is 0 Å². The average Bonchev–Trinajstić information content (AvgIpc) is 2.56. The van der Waals surface area contributed by atoms with Crippen LogP contribution in [0.2, 0.25) is 10.0 Å². The third kappa shape index (κ3) is 3.14. The zero-order valence-electron chi connectivity index (χ0n) is 12.2. The lowest BCUT2D eigenvalue weighted by Gasteiger charge is -2.14. The molecule has 1 unspecified atom stereocenters. The van der Waals surface area contributed by atoms with Gasteiger partial charge in [0.25, 0.3) is 11.5 Å². The molecule has 0 aliphatic carbocycles. The van der Waals surface area contributed by atoms with Gasteiger partial charge in [-0.15, -0.1) is 0 Å². The lowest BCUT2D eigenvalue weighted by molar-refractivity contribution is -0.124. The van der Waals surface area contributed by atoms with Crippen LogP contribution in [-0.2, 0) is 4.79 Å². The lowest BCUT2D eigenvalue weighted by atomic mass is 10.1. The monoisotopic (exact) mass is 362 g/mol. The van der Waals surface area contributed by atoms with Gasteiger partial charge in [0, 0.05) is 22.2 Å². The van der Waals surface area contributed by atoms with Crippen molar-refractivity contribution < 1.29 is 9.90 Å². The fourth-order valence-electron chi connectivity index (χ4n) is 2.34. The van der Waals surface area contributed by atoms with Crippen molar-refractivity contribution in [3.05, 3.63) is 74.6 Å². The molecule has 1 amide bonds. The average molecular weight is 363 g/mol. The second-order valence-electron chi connectivity index (χ2n) is 5.14. The minimum Gasteiger partial charge on any atom is -0.378 e. The highest BCUT2D eigenvalue weighted by Crippen LogP contribution is 2.29. The van der Waals surface area contributed by atoms with Crippen molar-refractivity contribution in [2.24, 2.45) is 0 Å². The number of H-pyrrole nitrogens is 1. The number of benzene rings is 2. The van der Waals surface area contributed by atoms with Gasteiger partial charge in [-0.3, -0.25) is 9.59 Å². The highest BCUT2D eigenvalue weighted by Gasteiger charge is 2.21. The first-order valence-corrected chi connectivity index (χ1v) is 7.77. The number of hydrogen-bond acceptors (Lipinski definition) is 3. The summed E-state index contributed by atoms with van der Waals surface area (Å²) in [5.41, 5.74) is 0.319. The van der Waals surface area contributed by atoms with E-state index in [2.05, 4.69) is 10.3 Å². The van der Waals surface area contributed by atoms with Crippen LogP contribution in [0.25, 0.3) is 10.8 Å². The Morgan fingerprint density at radius 1 is 1.12 bits per heavy atom. The highest BCUT2D eigenvalue weighted by molar-refractivity contribution is 6.34. The standard InChI is InChI=1S/C17H12Cl2N2O3/c18-12-4-2-1-3-10(12)15(22)17(24)21-14-7-9-5-6-20-16(23)11(9)8-13(14)19/h1-8,15,22H,(H,20,23)(H,21,24). The number of aliphatic hydroxyl groups excluding tert-OH is 1. The zero-order valence-corrected chi connectivity index (χ0v) is 13.7. The number of nitrogens with one attached hydrogen (secondary N) is 2. The van der Waals surface area contributed by atoms with Gasteiger partial charge < -0.3 is 15.4 Å². The van der Waals surface area contributed by atoms with Crippen molar-refractivity contribution in [1.82, 2.24) is 4.98 Å². The number of amides is 1. The van der Waals surface area contributed by atoms with Crippen molar-refractivity contribution in [2.75, 3.05) is 5.32 Å². The molecule has 3 N–H and O–H groups in total. The first-order valence-electron chi connectivity index (χ1n) is 7.01. The molecule has 0 radical (unpaired) electrons. The van der Waals surface area contributed by atoms with Crippen molar-refractivity contribution in [3.8, 4) is 0 Å². The number of carbonyl (C=O) groups is 1. The molecular formula is C17H12Cl2N2O3. The van der Waals surface area contributed by atoms with E-state index in [9.17, 15) is 14.7 Å². The summed E-state index contributed by atoms with van der Waals surface area (Å²) in [7, 11) is 0. The van der Waals surface area contributed by atoms with E-state index in [1.54, 1.807) is 36.4 Å². The Morgan fingerprint density at radius 2 is 1.88 bits per heavy atom. The molecule has 122 valence electrons. The van der Waals surface area contributed by atoms with Crippen LogP contribution in [0.5, 0.6) is 0 Å². The van der Waals surface area contributed by atoms with Crippen molar-refractivity contribution in [2.45, 2.75) is 6.10 Å². The summed E-state index contributed by atoms with van der Waals surface area (Å²) in [6.07, 6.45) is 0.0626. The quantitative estimate of drug-likeness (QED) is 0.666. The topological polar surface area (TPSA) is 82.2 Å². The molecule has 0 aliphatic heterocycles. The lowest BCUT2D eigenvalue weighted by Crippen LogP contribution is -2.21. The summed E-state index contributed by atoms with van der Waals surface area (Å²) in [4.78, 5) is 26.6. The maximum Gasteiger partial charge on any atom is 0.257 e. The summed E-state index contributed by atoms with van der Waals surface area (Å²) in [5.74, 6) is -0.672. The Kier molecular flexibility index (Phi) is 4.57.